The molecule has 0 aliphatic carbocycles. The van der Waals surface area contributed by atoms with E-state index in [4.69, 9.17) is 9.47 Å². The molecule has 2 aromatic carbocycles. The number of carbonyl (C=O) groups excluding carboxylic acids is 2. The Kier molecular flexibility index (Phi) is 11.8. The van der Waals surface area contributed by atoms with Crippen LogP contribution in [0.4, 0.5) is 11.4 Å². The molecule has 0 N–H and O–H groups in total. The van der Waals surface area contributed by atoms with E-state index in [1.165, 1.54) is 36.4 Å². The predicted molar refractivity (Wildman–Crippen MR) is 135 cm³/mol. The standard InChI is InChI=1S/C20H18Br2N2O8S2/c21-7-1-9-31-19(25)15-11-13(3-5-17(15)23(27)28)33-34-14-4-6-18(24(29)30)16(12-14)20(26)32-10-2-8-22/h3-6,11-12H,1-2,7-10H2. The number of nitro groups is 2. The van der Waals surface area contributed by atoms with Crippen LogP contribution in [0.15, 0.2) is 46.2 Å². The van der Waals surface area contributed by atoms with Crippen molar-refractivity contribution in [1.82, 2.24) is 0 Å². The summed E-state index contributed by atoms with van der Waals surface area (Å²) < 4.78 is 10.2. The van der Waals surface area contributed by atoms with Crippen LogP contribution in [-0.4, -0.2) is 45.7 Å². The fourth-order valence-electron chi connectivity index (χ4n) is 2.47. The quantitative estimate of drug-likeness (QED) is 0.0624. The Morgan fingerprint density at radius 2 is 1.15 bits per heavy atom. The van der Waals surface area contributed by atoms with E-state index < -0.39 is 21.8 Å². The molecule has 0 amide bonds. The maximum atomic E-state index is 12.3. The fraction of sp³-hybridized carbons (Fsp3) is 0.300. The molecule has 0 saturated heterocycles. The van der Waals surface area contributed by atoms with Gasteiger partial charge in [0.05, 0.1) is 23.1 Å². The topological polar surface area (TPSA) is 139 Å². The normalized spacial score (nSPS) is 10.5. The SMILES string of the molecule is O=C(OCCCBr)c1cc(SSc2ccc([N+](=O)[O-])c(C(=O)OCCCBr)c2)ccc1[N+](=O)[O-]. The number of alkyl halides is 2. The molecule has 34 heavy (non-hydrogen) atoms. The second kappa shape index (κ2) is 14.3. The number of esters is 2. The first kappa shape index (κ1) is 28.1. The second-order valence-electron chi connectivity index (χ2n) is 6.40. The Hall–Kier alpha value is -2.16. The molecule has 0 radical (unpaired) electrons. The molecule has 14 heteroatoms. The van der Waals surface area contributed by atoms with Gasteiger partial charge in [-0.25, -0.2) is 9.59 Å². The third kappa shape index (κ3) is 8.25. The van der Waals surface area contributed by atoms with E-state index >= 15 is 0 Å². The Labute approximate surface area is 219 Å². The van der Waals surface area contributed by atoms with Gasteiger partial charge in [-0.3, -0.25) is 20.2 Å². The van der Waals surface area contributed by atoms with Gasteiger partial charge in [0.2, 0.25) is 0 Å². The van der Waals surface area contributed by atoms with Crippen LogP contribution in [0.25, 0.3) is 0 Å². The van der Waals surface area contributed by atoms with Crippen LogP contribution in [0.3, 0.4) is 0 Å². The first-order valence-corrected chi connectivity index (χ1v) is 14.0. The van der Waals surface area contributed by atoms with Gasteiger partial charge in [0, 0.05) is 32.6 Å². The molecule has 2 aromatic rings. The third-order valence-corrected chi connectivity index (χ3v) is 7.53. The predicted octanol–water partition coefficient (Wildman–Crippen LogP) is 6.19. The molecule has 0 heterocycles. The van der Waals surface area contributed by atoms with Crippen molar-refractivity contribution in [3.63, 3.8) is 0 Å². The Morgan fingerprint density at radius 3 is 1.47 bits per heavy atom. The maximum absolute atomic E-state index is 12.3. The molecule has 0 saturated carbocycles. The molecule has 0 aliphatic heterocycles. The van der Waals surface area contributed by atoms with Gasteiger partial charge in [-0.2, -0.15) is 0 Å². The fourth-order valence-corrected chi connectivity index (χ4v) is 4.90. The first-order chi connectivity index (χ1) is 16.3. The van der Waals surface area contributed by atoms with Crippen LogP contribution >= 0.6 is 53.4 Å². The largest absolute Gasteiger partial charge is 0.462 e. The molecule has 0 fully saturated rings. The summed E-state index contributed by atoms with van der Waals surface area (Å²) in [5.74, 6) is -1.60. The van der Waals surface area contributed by atoms with Crippen molar-refractivity contribution >= 4 is 76.8 Å². The highest BCUT2D eigenvalue weighted by Crippen LogP contribution is 2.40. The van der Waals surface area contributed by atoms with Crippen molar-refractivity contribution in [2.24, 2.45) is 0 Å². The van der Waals surface area contributed by atoms with Crippen molar-refractivity contribution in [2.75, 3.05) is 23.9 Å². The number of rotatable bonds is 13. The zero-order chi connectivity index (χ0) is 25.1. The van der Waals surface area contributed by atoms with E-state index in [1.807, 2.05) is 0 Å². The lowest BCUT2D eigenvalue weighted by atomic mass is 10.2. The smallest absolute Gasteiger partial charge is 0.345 e. The summed E-state index contributed by atoms with van der Waals surface area (Å²) in [4.78, 5) is 47.0. The van der Waals surface area contributed by atoms with Gasteiger partial charge in [-0.1, -0.05) is 53.4 Å². The summed E-state index contributed by atoms with van der Waals surface area (Å²) in [6, 6.07) is 8.09. The summed E-state index contributed by atoms with van der Waals surface area (Å²) in [6.07, 6.45) is 1.12. The van der Waals surface area contributed by atoms with Crippen LogP contribution in [0.2, 0.25) is 0 Å². The van der Waals surface area contributed by atoms with E-state index in [0.29, 0.717) is 33.3 Å². The number of benzene rings is 2. The van der Waals surface area contributed by atoms with Gasteiger partial charge in [0.25, 0.3) is 11.4 Å². The van der Waals surface area contributed by atoms with Crippen LogP contribution in [0.5, 0.6) is 0 Å². The Bertz CT molecular complexity index is 987. The number of halogens is 2. The van der Waals surface area contributed by atoms with E-state index in [2.05, 4.69) is 31.9 Å². The molecule has 2 rings (SSSR count). The van der Waals surface area contributed by atoms with Gasteiger partial charge in [-0.15, -0.1) is 0 Å². The van der Waals surface area contributed by atoms with E-state index in [1.54, 1.807) is 0 Å². The van der Waals surface area contributed by atoms with Gasteiger partial charge in [0.15, 0.2) is 0 Å². The summed E-state index contributed by atoms with van der Waals surface area (Å²) in [5, 5.41) is 23.9. The molecular formula is C20H18Br2N2O8S2. The number of carbonyl (C=O) groups is 2. The minimum atomic E-state index is -0.802. The zero-order valence-electron chi connectivity index (χ0n) is 17.4. The molecule has 0 aliphatic rings. The average Bonchev–Trinajstić information content (AvgIpc) is 2.82. The number of ether oxygens (including phenoxy) is 2. The monoisotopic (exact) mass is 636 g/mol. The van der Waals surface area contributed by atoms with Crippen molar-refractivity contribution in [3.05, 3.63) is 67.8 Å². The molecule has 0 unspecified atom stereocenters. The van der Waals surface area contributed by atoms with Crippen LogP contribution < -0.4 is 0 Å². The van der Waals surface area contributed by atoms with Gasteiger partial charge in [0.1, 0.15) is 11.1 Å². The minimum absolute atomic E-state index is 0.116. The minimum Gasteiger partial charge on any atom is -0.462 e. The van der Waals surface area contributed by atoms with Crippen LogP contribution in [0, 0.1) is 20.2 Å². The lowest BCUT2D eigenvalue weighted by Crippen LogP contribution is -2.09. The Morgan fingerprint density at radius 1 is 0.765 bits per heavy atom. The third-order valence-electron chi connectivity index (χ3n) is 4.03. The van der Waals surface area contributed by atoms with Crippen molar-refractivity contribution in [1.29, 1.82) is 0 Å². The van der Waals surface area contributed by atoms with E-state index in [-0.39, 0.29) is 35.7 Å². The first-order valence-electron chi connectivity index (χ1n) is 9.66. The van der Waals surface area contributed by atoms with Crippen LogP contribution in [-0.2, 0) is 9.47 Å². The molecule has 182 valence electrons. The summed E-state index contributed by atoms with van der Waals surface area (Å²) in [5.41, 5.74) is -1.10. The Balaban J connectivity index is 2.21. The van der Waals surface area contributed by atoms with Gasteiger partial charge >= 0.3 is 11.9 Å². The summed E-state index contributed by atoms with van der Waals surface area (Å²) in [6.45, 7) is 0.231. The van der Waals surface area contributed by atoms with Gasteiger partial charge < -0.3 is 9.47 Å². The van der Waals surface area contributed by atoms with Crippen molar-refractivity contribution in [2.45, 2.75) is 22.6 Å². The molecular weight excluding hydrogens is 620 g/mol. The highest BCUT2D eigenvalue weighted by Gasteiger charge is 2.24. The lowest BCUT2D eigenvalue weighted by molar-refractivity contribution is -0.385. The summed E-state index contributed by atoms with van der Waals surface area (Å²) >= 11 is 6.43. The lowest BCUT2D eigenvalue weighted by Gasteiger charge is -2.08. The van der Waals surface area contributed by atoms with Crippen molar-refractivity contribution < 1.29 is 28.9 Å². The number of nitro benzene ring substituents is 2. The molecule has 0 aromatic heterocycles. The number of hydrogen-bond donors (Lipinski definition) is 0. The van der Waals surface area contributed by atoms with Gasteiger partial charge in [-0.05, 0) is 37.1 Å². The van der Waals surface area contributed by atoms with E-state index in [0.717, 1.165) is 21.6 Å². The highest BCUT2D eigenvalue weighted by atomic mass is 79.9. The molecule has 0 bridgehead atoms. The molecule has 0 atom stereocenters. The number of nitrogens with zero attached hydrogens (tertiary/aromatic N) is 2. The second-order valence-corrected chi connectivity index (χ2v) is 10.3. The molecule has 10 nitrogen and oxygen atoms in total. The highest BCUT2D eigenvalue weighted by molar-refractivity contribution is 9.09. The molecule has 0 spiro atoms. The maximum Gasteiger partial charge on any atom is 0.345 e. The van der Waals surface area contributed by atoms with Crippen LogP contribution in [0.1, 0.15) is 33.6 Å². The average molecular weight is 638 g/mol. The number of hydrogen-bond acceptors (Lipinski definition) is 10. The van der Waals surface area contributed by atoms with Crippen molar-refractivity contribution in [3.8, 4) is 0 Å². The van der Waals surface area contributed by atoms with E-state index in [9.17, 15) is 29.8 Å². The summed E-state index contributed by atoms with van der Waals surface area (Å²) in [7, 11) is 2.32. The zero-order valence-corrected chi connectivity index (χ0v) is 22.2.